The third-order valence-electron chi connectivity index (χ3n) is 2.95. The van der Waals surface area contributed by atoms with Gasteiger partial charge in [-0.2, -0.15) is 22.0 Å². The molecule has 0 saturated heterocycles. The van der Waals surface area contributed by atoms with Gasteiger partial charge in [0.25, 0.3) is 0 Å². The standard InChI is InChI=1S/C14H9F5O3S/c1-22-12(21)11-9(20)6-10(23-11)7-3-2-4-8(5-7)13(15,16)14(17,18)19/h2-6,20H,1H3. The van der Waals surface area contributed by atoms with E-state index in [0.29, 0.717) is 12.1 Å². The second kappa shape index (κ2) is 5.80. The van der Waals surface area contributed by atoms with Gasteiger partial charge < -0.3 is 9.84 Å². The maximum Gasteiger partial charge on any atom is 0.458 e. The van der Waals surface area contributed by atoms with E-state index in [1.807, 2.05) is 0 Å². The van der Waals surface area contributed by atoms with Crippen molar-refractivity contribution < 1.29 is 36.6 Å². The Balaban J connectivity index is 2.47. The van der Waals surface area contributed by atoms with Gasteiger partial charge >= 0.3 is 18.1 Å². The summed E-state index contributed by atoms with van der Waals surface area (Å²) in [6, 6.07) is 4.76. The van der Waals surface area contributed by atoms with Gasteiger partial charge in [0.05, 0.1) is 7.11 Å². The second-order valence-electron chi connectivity index (χ2n) is 4.47. The summed E-state index contributed by atoms with van der Waals surface area (Å²) < 4.78 is 68.5. The average molecular weight is 352 g/mol. The Labute approximate surface area is 130 Å². The molecule has 0 fully saturated rings. The fraction of sp³-hybridized carbons (Fsp3) is 0.214. The number of aromatic hydroxyl groups is 1. The van der Waals surface area contributed by atoms with Crippen molar-refractivity contribution >= 4 is 17.3 Å². The molecule has 23 heavy (non-hydrogen) atoms. The van der Waals surface area contributed by atoms with Gasteiger partial charge in [-0.25, -0.2) is 4.79 Å². The third-order valence-corrected chi connectivity index (χ3v) is 4.10. The number of methoxy groups -OCH3 is 1. The number of hydrogen-bond donors (Lipinski definition) is 1. The number of carbonyl (C=O) groups is 1. The van der Waals surface area contributed by atoms with E-state index >= 15 is 0 Å². The highest BCUT2D eigenvalue weighted by Crippen LogP contribution is 2.45. The third kappa shape index (κ3) is 3.14. The Kier molecular flexibility index (Phi) is 4.34. The molecule has 0 amide bonds. The molecule has 9 heteroatoms. The molecular formula is C14H9F5O3S. The largest absolute Gasteiger partial charge is 0.506 e. The predicted octanol–water partition coefficient (Wildman–Crippen LogP) is 4.56. The Hall–Kier alpha value is -2.16. The minimum Gasteiger partial charge on any atom is -0.506 e. The van der Waals surface area contributed by atoms with Crippen LogP contribution in [0.3, 0.4) is 0 Å². The number of esters is 1. The number of rotatable bonds is 3. The molecule has 0 aliphatic carbocycles. The van der Waals surface area contributed by atoms with E-state index in [0.717, 1.165) is 30.6 Å². The second-order valence-corrected chi connectivity index (χ2v) is 5.52. The quantitative estimate of drug-likeness (QED) is 0.651. The SMILES string of the molecule is COC(=O)c1sc(-c2cccc(C(F)(F)C(F)(F)F)c2)cc1O. The molecule has 0 atom stereocenters. The van der Waals surface area contributed by atoms with Crippen LogP contribution in [0, 0.1) is 0 Å². The summed E-state index contributed by atoms with van der Waals surface area (Å²) in [5.74, 6) is -6.28. The molecular weight excluding hydrogens is 343 g/mol. The first kappa shape index (κ1) is 17.2. The van der Waals surface area contributed by atoms with Crippen molar-refractivity contribution in [3.8, 4) is 16.2 Å². The van der Waals surface area contributed by atoms with Gasteiger partial charge in [0, 0.05) is 10.4 Å². The first-order chi connectivity index (χ1) is 10.6. The van der Waals surface area contributed by atoms with E-state index in [1.165, 1.54) is 6.07 Å². The summed E-state index contributed by atoms with van der Waals surface area (Å²) in [5, 5.41) is 9.63. The van der Waals surface area contributed by atoms with Crippen LogP contribution in [-0.4, -0.2) is 24.4 Å². The van der Waals surface area contributed by atoms with Crippen molar-refractivity contribution in [3.63, 3.8) is 0 Å². The molecule has 124 valence electrons. The number of halogens is 5. The van der Waals surface area contributed by atoms with Crippen LogP contribution in [0.15, 0.2) is 30.3 Å². The molecule has 2 aromatic rings. The van der Waals surface area contributed by atoms with Crippen LogP contribution in [0.2, 0.25) is 0 Å². The van der Waals surface area contributed by atoms with Gasteiger partial charge in [-0.05, 0) is 17.7 Å². The molecule has 1 N–H and O–H groups in total. The molecule has 1 heterocycles. The van der Waals surface area contributed by atoms with Crippen LogP contribution in [0.25, 0.3) is 10.4 Å². The molecule has 0 aliphatic rings. The van der Waals surface area contributed by atoms with Crippen LogP contribution in [0.1, 0.15) is 15.2 Å². The Morgan fingerprint density at radius 2 is 1.83 bits per heavy atom. The summed E-state index contributed by atoms with van der Waals surface area (Å²) in [7, 11) is 1.09. The lowest BCUT2D eigenvalue weighted by molar-refractivity contribution is -0.289. The summed E-state index contributed by atoms with van der Waals surface area (Å²) in [5.41, 5.74) is -1.21. The van der Waals surface area contributed by atoms with E-state index in [9.17, 15) is 31.9 Å². The lowest BCUT2D eigenvalue weighted by atomic mass is 10.0. The maximum absolute atomic E-state index is 13.4. The van der Waals surface area contributed by atoms with Gasteiger partial charge in [0.15, 0.2) is 4.88 Å². The van der Waals surface area contributed by atoms with E-state index in [-0.39, 0.29) is 15.3 Å². The van der Waals surface area contributed by atoms with Crippen LogP contribution >= 0.6 is 11.3 Å². The molecule has 1 aromatic carbocycles. The number of carbonyl (C=O) groups excluding carboxylic acids is 1. The summed E-state index contributed by atoms with van der Waals surface area (Å²) >= 11 is 0.721. The van der Waals surface area contributed by atoms with E-state index in [2.05, 4.69) is 4.74 Å². The first-order valence-electron chi connectivity index (χ1n) is 6.04. The normalized spacial score (nSPS) is 12.3. The Bertz CT molecular complexity index is 736. The predicted molar refractivity (Wildman–Crippen MR) is 72.7 cm³/mol. The Morgan fingerprint density at radius 3 is 2.39 bits per heavy atom. The lowest BCUT2D eigenvalue weighted by Gasteiger charge is -2.20. The van der Waals surface area contributed by atoms with Crippen molar-refractivity contribution in [1.29, 1.82) is 0 Å². The van der Waals surface area contributed by atoms with Crippen molar-refractivity contribution in [3.05, 3.63) is 40.8 Å². The average Bonchev–Trinajstić information content (AvgIpc) is 2.87. The molecule has 0 spiro atoms. The van der Waals surface area contributed by atoms with Crippen LogP contribution in [0.5, 0.6) is 5.75 Å². The van der Waals surface area contributed by atoms with Crippen LogP contribution < -0.4 is 0 Å². The highest BCUT2D eigenvalue weighted by molar-refractivity contribution is 7.17. The van der Waals surface area contributed by atoms with Gasteiger partial charge in [0.1, 0.15) is 5.75 Å². The minimum atomic E-state index is -5.72. The van der Waals surface area contributed by atoms with E-state index in [1.54, 1.807) is 0 Å². The van der Waals surface area contributed by atoms with Crippen LogP contribution in [0.4, 0.5) is 22.0 Å². The van der Waals surface area contributed by atoms with Crippen molar-refractivity contribution in [2.45, 2.75) is 12.1 Å². The number of ether oxygens (including phenoxy) is 1. The van der Waals surface area contributed by atoms with Crippen molar-refractivity contribution in [2.75, 3.05) is 7.11 Å². The summed E-state index contributed by atoms with van der Waals surface area (Å²) in [6.45, 7) is 0. The zero-order valence-electron chi connectivity index (χ0n) is 11.4. The fourth-order valence-electron chi connectivity index (χ4n) is 1.79. The number of benzene rings is 1. The van der Waals surface area contributed by atoms with E-state index in [4.69, 9.17) is 0 Å². The zero-order valence-corrected chi connectivity index (χ0v) is 12.3. The first-order valence-corrected chi connectivity index (χ1v) is 6.86. The molecule has 0 saturated carbocycles. The lowest BCUT2D eigenvalue weighted by Crippen LogP contribution is -2.33. The number of thiophene rings is 1. The van der Waals surface area contributed by atoms with Crippen molar-refractivity contribution in [2.24, 2.45) is 0 Å². The smallest absolute Gasteiger partial charge is 0.458 e. The molecule has 0 radical (unpaired) electrons. The molecule has 0 bridgehead atoms. The molecule has 0 unspecified atom stereocenters. The minimum absolute atomic E-state index is 0.0156. The molecule has 2 rings (SSSR count). The molecule has 1 aromatic heterocycles. The molecule has 0 aliphatic heterocycles. The van der Waals surface area contributed by atoms with Crippen LogP contribution in [-0.2, 0) is 10.7 Å². The number of alkyl halides is 5. The van der Waals surface area contributed by atoms with Gasteiger partial charge in [-0.1, -0.05) is 18.2 Å². The molecule has 3 nitrogen and oxygen atoms in total. The Morgan fingerprint density at radius 1 is 1.17 bits per heavy atom. The maximum atomic E-state index is 13.4. The van der Waals surface area contributed by atoms with Gasteiger partial charge in [0.2, 0.25) is 0 Å². The van der Waals surface area contributed by atoms with Crippen molar-refractivity contribution in [1.82, 2.24) is 0 Å². The number of hydrogen-bond acceptors (Lipinski definition) is 4. The highest BCUT2D eigenvalue weighted by atomic mass is 32.1. The van der Waals surface area contributed by atoms with Gasteiger partial charge in [-0.3, -0.25) is 0 Å². The highest BCUT2D eigenvalue weighted by Gasteiger charge is 2.58. The fourth-order valence-corrected chi connectivity index (χ4v) is 2.76. The topological polar surface area (TPSA) is 46.5 Å². The zero-order chi connectivity index (χ0) is 17.4. The van der Waals surface area contributed by atoms with Gasteiger partial charge in [-0.15, -0.1) is 11.3 Å². The monoisotopic (exact) mass is 352 g/mol. The summed E-state index contributed by atoms with van der Waals surface area (Å²) in [4.78, 5) is 11.4. The summed E-state index contributed by atoms with van der Waals surface area (Å²) in [6.07, 6.45) is -5.72. The van der Waals surface area contributed by atoms with E-state index < -0.39 is 29.4 Å².